The van der Waals surface area contributed by atoms with Crippen molar-refractivity contribution in [2.45, 2.75) is 13.0 Å². The summed E-state index contributed by atoms with van der Waals surface area (Å²) in [6, 6.07) is 13.4. The maximum Gasteiger partial charge on any atom is 0.123 e. The molecule has 0 saturated heterocycles. The molecule has 0 aliphatic rings. The fraction of sp³-hybridized carbons (Fsp3) is 0.200. The SMILES string of the molecule is Nc1cccc(Br)c1COc1ccccc1CCO. The van der Waals surface area contributed by atoms with Crippen molar-refractivity contribution >= 4 is 21.6 Å². The number of hydrogen-bond acceptors (Lipinski definition) is 3. The predicted octanol–water partition coefficient (Wildman–Crippen LogP) is 3.15. The zero-order valence-electron chi connectivity index (χ0n) is 10.5. The lowest BCUT2D eigenvalue weighted by Crippen LogP contribution is -2.03. The minimum Gasteiger partial charge on any atom is -0.489 e. The van der Waals surface area contributed by atoms with Gasteiger partial charge in [-0.25, -0.2) is 0 Å². The lowest BCUT2D eigenvalue weighted by molar-refractivity contribution is 0.284. The van der Waals surface area contributed by atoms with Crippen molar-refractivity contribution in [1.29, 1.82) is 0 Å². The number of anilines is 1. The number of benzene rings is 2. The van der Waals surface area contributed by atoms with Crippen molar-refractivity contribution < 1.29 is 9.84 Å². The Morgan fingerprint density at radius 1 is 1.11 bits per heavy atom. The Bertz CT molecular complexity index is 537. The van der Waals surface area contributed by atoms with Gasteiger partial charge in [-0.3, -0.25) is 0 Å². The van der Waals surface area contributed by atoms with E-state index < -0.39 is 0 Å². The Kier molecular flexibility index (Phi) is 4.82. The highest BCUT2D eigenvalue weighted by molar-refractivity contribution is 9.10. The van der Waals surface area contributed by atoms with Crippen LogP contribution in [0.1, 0.15) is 11.1 Å². The van der Waals surface area contributed by atoms with Gasteiger partial charge in [-0.15, -0.1) is 0 Å². The highest BCUT2D eigenvalue weighted by atomic mass is 79.9. The molecule has 0 radical (unpaired) electrons. The molecular formula is C15H16BrNO2. The van der Waals surface area contributed by atoms with E-state index in [9.17, 15) is 0 Å². The fourth-order valence-electron chi connectivity index (χ4n) is 1.85. The molecule has 0 bridgehead atoms. The average Bonchev–Trinajstić information content (AvgIpc) is 2.40. The van der Waals surface area contributed by atoms with E-state index in [1.54, 1.807) is 0 Å². The van der Waals surface area contributed by atoms with E-state index in [4.69, 9.17) is 15.6 Å². The van der Waals surface area contributed by atoms with Gasteiger partial charge in [-0.2, -0.15) is 0 Å². The first-order chi connectivity index (χ1) is 9.22. The number of nitrogens with two attached hydrogens (primary N) is 1. The monoisotopic (exact) mass is 321 g/mol. The van der Waals surface area contributed by atoms with E-state index in [-0.39, 0.29) is 6.61 Å². The van der Waals surface area contributed by atoms with Crippen molar-refractivity contribution in [3.8, 4) is 5.75 Å². The van der Waals surface area contributed by atoms with Crippen LogP contribution in [0.3, 0.4) is 0 Å². The van der Waals surface area contributed by atoms with Crippen LogP contribution in [-0.4, -0.2) is 11.7 Å². The number of aliphatic hydroxyl groups is 1. The molecule has 0 saturated carbocycles. The van der Waals surface area contributed by atoms with Crippen LogP contribution in [0.25, 0.3) is 0 Å². The Labute approximate surface area is 121 Å². The molecule has 0 heterocycles. The quantitative estimate of drug-likeness (QED) is 0.832. The minimum absolute atomic E-state index is 0.109. The highest BCUT2D eigenvalue weighted by Crippen LogP contribution is 2.26. The van der Waals surface area contributed by atoms with Crippen molar-refractivity contribution in [2.75, 3.05) is 12.3 Å². The molecule has 2 rings (SSSR count). The van der Waals surface area contributed by atoms with Gasteiger partial charge >= 0.3 is 0 Å². The van der Waals surface area contributed by atoms with Gasteiger partial charge < -0.3 is 15.6 Å². The number of para-hydroxylation sites is 1. The summed E-state index contributed by atoms with van der Waals surface area (Å²) >= 11 is 3.47. The van der Waals surface area contributed by atoms with E-state index >= 15 is 0 Å². The van der Waals surface area contributed by atoms with Crippen LogP contribution in [-0.2, 0) is 13.0 Å². The smallest absolute Gasteiger partial charge is 0.123 e. The van der Waals surface area contributed by atoms with Crippen molar-refractivity contribution in [3.05, 3.63) is 58.1 Å². The average molecular weight is 322 g/mol. The summed E-state index contributed by atoms with van der Waals surface area (Å²) in [5.41, 5.74) is 8.56. The second kappa shape index (κ2) is 6.59. The summed E-state index contributed by atoms with van der Waals surface area (Å²) in [4.78, 5) is 0. The third kappa shape index (κ3) is 3.49. The number of nitrogen functional groups attached to an aromatic ring is 1. The summed E-state index contributed by atoms with van der Waals surface area (Å²) in [5, 5.41) is 9.03. The molecule has 3 N–H and O–H groups in total. The van der Waals surface area contributed by atoms with E-state index in [1.807, 2.05) is 42.5 Å². The first kappa shape index (κ1) is 13.9. The summed E-state index contributed by atoms with van der Waals surface area (Å²) in [6.07, 6.45) is 0.585. The van der Waals surface area contributed by atoms with Gasteiger partial charge in [0.1, 0.15) is 12.4 Å². The molecule has 0 unspecified atom stereocenters. The maximum atomic E-state index is 9.03. The molecule has 0 fully saturated rings. The zero-order chi connectivity index (χ0) is 13.7. The van der Waals surface area contributed by atoms with E-state index in [2.05, 4.69) is 15.9 Å². The Morgan fingerprint density at radius 3 is 2.63 bits per heavy atom. The second-order valence-electron chi connectivity index (χ2n) is 4.18. The third-order valence-corrected chi connectivity index (χ3v) is 3.62. The van der Waals surface area contributed by atoms with Crippen LogP contribution in [0.4, 0.5) is 5.69 Å². The van der Waals surface area contributed by atoms with Gasteiger partial charge in [0.2, 0.25) is 0 Å². The molecule has 0 aromatic heterocycles. The lowest BCUT2D eigenvalue weighted by atomic mass is 10.1. The van der Waals surface area contributed by atoms with Gasteiger partial charge in [-0.1, -0.05) is 40.2 Å². The summed E-state index contributed by atoms with van der Waals surface area (Å²) in [6.45, 7) is 0.507. The molecule has 0 spiro atoms. The second-order valence-corrected chi connectivity index (χ2v) is 5.03. The Balaban J connectivity index is 2.15. The lowest BCUT2D eigenvalue weighted by Gasteiger charge is -2.13. The number of aliphatic hydroxyl groups excluding tert-OH is 1. The summed E-state index contributed by atoms with van der Waals surface area (Å²) < 4.78 is 6.75. The van der Waals surface area contributed by atoms with Crippen LogP contribution in [0.15, 0.2) is 46.9 Å². The summed E-state index contributed by atoms with van der Waals surface area (Å²) in [7, 11) is 0. The molecule has 0 atom stereocenters. The summed E-state index contributed by atoms with van der Waals surface area (Å²) in [5.74, 6) is 0.784. The first-order valence-electron chi connectivity index (χ1n) is 6.07. The largest absolute Gasteiger partial charge is 0.489 e. The van der Waals surface area contributed by atoms with E-state index in [0.717, 1.165) is 21.3 Å². The Hall–Kier alpha value is -1.52. The minimum atomic E-state index is 0.109. The highest BCUT2D eigenvalue weighted by Gasteiger charge is 2.07. The van der Waals surface area contributed by atoms with Gasteiger partial charge in [0.25, 0.3) is 0 Å². The molecular weight excluding hydrogens is 306 g/mol. The molecule has 3 nitrogen and oxygen atoms in total. The molecule has 19 heavy (non-hydrogen) atoms. The first-order valence-corrected chi connectivity index (χ1v) is 6.86. The topological polar surface area (TPSA) is 55.5 Å². The fourth-order valence-corrected chi connectivity index (χ4v) is 2.35. The van der Waals surface area contributed by atoms with Gasteiger partial charge in [-0.05, 0) is 30.2 Å². The van der Waals surface area contributed by atoms with Crippen molar-refractivity contribution in [2.24, 2.45) is 0 Å². The van der Waals surface area contributed by atoms with Crippen LogP contribution in [0.2, 0.25) is 0 Å². The molecule has 4 heteroatoms. The molecule has 0 aliphatic carbocycles. The van der Waals surface area contributed by atoms with Crippen LogP contribution >= 0.6 is 15.9 Å². The van der Waals surface area contributed by atoms with Gasteiger partial charge in [0, 0.05) is 22.3 Å². The normalized spacial score (nSPS) is 10.4. The molecule has 2 aromatic carbocycles. The number of rotatable bonds is 5. The van der Waals surface area contributed by atoms with Gasteiger partial charge in [0.05, 0.1) is 0 Å². The number of halogens is 1. The maximum absolute atomic E-state index is 9.03. The van der Waals surface area contributed by atoms with Gasteiger partial charge in [0.15, 0.2) is 0 Å². The van der Waals surface area contributed by atoms with Crippen LogP contribution < -0.4 is 10.5 Å². The predicted molar refractivity (Wildman–Crippen MR) is 80.1 cm³/mol. The van der Waals surface area contributed by atoms with Crippen LogP contribution in [0.5, 0.6) is 5.75 Å². The third-order valence-electron chi connectivity index (χ3n) is 2.88. The van der Waals surface area contributed by atoms with Crippen LogP contribution in [0, 0.1) is 0 Å². The van der Waals surface area contributed by atoms with E-state index in [1.165, 1.54) is 0 Å². The zero-order valence-corrected chi connectivity index (χ0v) is 12.1. The molecule has 2 aromatic rings. The number of hydrogen-bond donors (Lipinski definition) is 2. The standard InChI is InChI=1S/C15H16BrNO2/c16-13-5-3-6-14(17)12(13)10-19-15-7-2-1-4-11(15)8-9-18/h1-7,18H,8-10,17H2. The number of ether oxygens (including phenoxy) is 1. The molecule has 0 aliphatic heterocycles. The molecule has 100 valence electrons. The molecule has 0 amide bonds. The Morgan fingerprint density at radius 2 is 1.89 bits per heavy atom. The van der Waals surface area contributed by atoms with E-state index in [0.29, 0.717) is 18.7 Å². The van der Waals surface area contributed by atoms with Crippen molar-refractivity contribution in [3.63, 3.8) is 0 Å². The van der Waals surface area contributed by atoms with Crippen molar-refractivity contribution in [1.82, 2.24) is 0 Å².